The normalized spacial score (nSPS) is 34.2. The number of carbonyl (C=O) groups is 1. The molecule has 2 heterocycles. The molecular formula is C12H24N4O2. The molecule has 0 saturated carbocycles. The molecule has 2 aliphatic heterocycles. The summed E-state index contributed by atoms with van der Waals surface area (Å²) in [5.41, 5.74) is 0. The predicted octanol–water partition coefficient (Wildman–Crippen LogP) is -1.62. The number of amides is 1. The van der Waals surface area contributed by atoms with E-state index in [1.807, 2.05) is 0 Å². The zero-order valence-corrected chi connectivity index (χ0v) is 11.2. The lowest BCUT2D eigenvalue weighted by Crippen LogP contribution is -2.59. The van der Waals surface area contributed by atoms with Gasteiger partial charge >= 0.3 is 0 Å². The van der Waals surface area contributed by atoms with Crippen LogP contribution in [0.4, 0.5) is 0 Å². The lowest BCUT2D eigenvalue weighted by atomic mass is 10.1. The third kappa shape index (κ3) is 3.91. The van der Waals surface area contributed by atoms with Crippen molar-refractivity contribution in [2.24, 2.45) is 0 Å². The number of ether oxygens (including phenoxy) is 1. The third-order valence-electron chi connectivity index (χ3n) is 3.50. The maximum Gasteiger partial charge on any atom is 0.238 e. The molecule has 6 nitrogen and oxygen atoms in total. The van der Waals surface area contributed by atoms with Gasteiger partial charge in [-0.3, -0.25) is 4.79 Å². The van der Waals surface area contributed by atoms with Crippen LogP contribution in [0.5, 0.6) is 0 Å². The van der Waals surface area contributed by atoms with Crippen molar-refractivity contribution in [3.8, 4) is 0 Å². The molecule has 0 spiro atoms. The Balaban J connectivity index is 1.68. The average molecular weight is 256 g/mol. The van der Waals surface area contributed by atoms with E-state index in [0.717, 1.165) is 26.2 Å². The molecule has 0 aromatic heterocycles. The summed E-state index contributed by atoms with van der Waals surface area (Å²) in [6.07, 6.45) is 0.114. The van der Waals surface area contributed by atoms with Gasteiger partial charge in [0.25, 0.3) is 0 Å². The average Bonchev–Trinajstić information content (AvgIpc) is 2.37. The standard InChI is InChI=1S/C12H24N4O2/c1-9-5-14-11(7-13-9)12(17)15-6-10-8-16(2)3-4-18-10/h9-11,13-14H,3-8H2,1-2H3,(H,15,17). The van der Waals surface area contributed by atoms with Crippen LogP contribution in [0.2, 0.25) is 0 Å². The summed E-state index contributed by atoms with van der Waals surface area (Å²) < 4.78 is 5.61. The van der Waals surface area contributed by atoms with Gasteiger partial charge in [-0.05, 0) is 14.0 Å². The number of piperazine rings is 1. The molecule has 104 valence electrons. The monoisotopic (exact) mass is 256 g/mol. The molecule has 2 rings (SSSR count). The number of nitrogens with one attached hydrogen (secondary N) is 3. The van der Waals surface area contributed by atoms with Crippen LogP contribution in [0.1, 0.15) is 6.92 Å². The highest BCUT2D eigenvalue weighted by Gasteiger charge is 2.24. The van der Waals surface area contributed by atoms with Gasteiger partial charge in [0, 0.05) is 38.8 Å². The minimum absolute atomic E-state index is 0.0613. The van der Waals surface area contributed by atoms with Gasteiger partial charge in [0.2, 0.25) is 5.91 Å². The van der Waals surface area contributed by atoms with Crippen molar-refractivity contribution in [1.82, 2.24) is 20.9 Å². The van der Waals surface area contributed by atoms with Crippen LogP contribution in [0.25, 0.3) is 0 Å². The fourth-order valence-electron chi connectivity index (χ4n) is 2.30. The fourth-order valence-corrected chi connectivity index (χ4v) is 2.30. The van der Waals surface area contributed by atoms with Gasteiger partial charge in [-0.1, -0.05) is 0 Å². The number of carbonyl (C=O) groups excluding carboxylic acids is 1. The van der Waals surface area contributed by atoms with E-state index >= 15 is 0 Å². The lowest BCUT2D eigenvalue weighted by Gasteiger charge is -2.31. The highest BCUT2D eigenvalue weighted by Crippen LogP contribution is 2.02. The molecule has 1 amide bonds. The van der Waals surface area contributed by atoms with Crippen molar-refractivity contribution >= 4 is 5.91 Å². The number of hydrogen-bond donors (Lipinski definition) is 3. The molecule has 0 radical (unpaired) electrons. The maximum absolute atomic E-state index is 11.9. The fraction of sp³-hybridized carbons (Fsp3) is 0.917. The molecule has 2 aliphatic rings. The van der Waals surface area contributed by atoms with Gasteiger partial charge in [0.15, 0.2) is 0 Å². The summed E-state index contributed by atoms with van der Waals surface area (Å²) in [4.78, 5) is 14.2. The van der Waals surface area contributed by atoms with Crippen LogP contribution < -0.4 is 16.0 Å². The molecule has 0 bridgehead atoms. The van der Waals surface area contributed by atoms with Crippen molar-refractivity contribution in [3.63, 3.8) is 0 Å². The van der Waals surface area contributed by atoms with Crippen LogP contribution in [0.3, 0.4) is 0 Å². The molecule has 0 aliphatic carbocycles. The first kappa shape index (κ1) is 13.7. The Bertz CT molecular complexity index is 279. The predicted molar refractivity (Wildman–Crippen MR) is 69.5 cm³/mol. The van der Waals surface area contributed by atoms with Gasteiger partial charge < -0.3 is 25.6 Å². The van der Waals surface area contributed by atoms with Crippen molar-refractivity contribution in [1.29, 1.82) is 0 Å². The highest BCUT2D eigenvalue weighted by molar-refractivity contribution is 5.82. The van der Waals surface area contributed by atoms with E-state index in [1.54, 1.807) is 0 Å². The molecule has 3 atom stereocenters. The maximum atomic E-state index is 11.9. The molecule has 2 fully saturated rings. The Hall–Kier alpha value is -0.690. The minimum atomic E-state index is -0.123. The van der Waals surface area contributed by atoms with E-state index in [4.69, 9.17) is 4.74 Å². The lowest BCUT2D eigenvalue weighted by molar-refractivity contribution is -0.124. The second-order valence-electron chi connectivity index (χ2n) is 5.27. The van der Waals surface area contributed by atoms with Crippen molar-refractivity contribution in [2.75, 3.05) is 46.4 Å². The molecule has 0 aromatic rings. The van der Waals surface area contributed by atoms with Crippen molar-refractivity contribution in [3.05, 3.63) is 0 Å². The zero-order chi connectivity index (χ0) is 13.0. The summed E-state index contributed by atoms with van der Waals surface area (Å²) in [7, 11) is 2.07. The first-order valence-corrected chi connectivity index (χ1v) is 6.70. The molecule has 3 unspecified atom stereocenters. The van der Waals surface area contributed by atoms with E-state index in [2.05, 4.69) is 34.8 Å². The van der Waals surface area contributed by atoms with Gasteiger partial charge in [-0.15, -0.1) is 0 Å². The SMILES string of the molecule is CC1CNC(C(=O)NCC2CN(C)CCO2)CN1. The van der Waals surface area contributed by atoms with E-state index in [1.165, 1.54) is 0 Å². The second-order valence-corrected chi connectivity index (χ2v) is 5.27. The first-order chi connectivity index (χ1) is 8.65. The van der Waals surface area contributed by atoms with E-state index in [-0.39, 0.29) is 18.1 Å². The van der Waals surface area contributed by atoms with Crippen LogP contribution in [-0.2, 0) is 9.53 Å². The summed E-state index contributed by atoms with van der Waals surface area (Å²) in [5.74, 6) is 0.0613. The van der Waals surface area contributed by atoms with Crippen molar-refractivity contribution < 1.29 is 9.53 Å². The number of rotatable bonds is 3. The summed E-state index contributed by atoms with van der Waals surface area (Å²) >= 11 is 0. The summed E-state index contributed by atoms with van der Waals surface area (Å²) in [6, 6.07) is 0.312. The third-order valence-corrected chi connectivity index (χ3v) is 3.50. The van der Waals surface area contributed by atoms with Crippen LogP contribution in [0, 0.1) is 0 Å². The van der Waals surface area contributed by atoms with Crippen LogP contribution in [-0.4, -0.2) is 75.4 Å². The number of nitrogens with zero attached hydrogens (tertiary/aromatic N) is 1. The number of morpholine rings is 1. The van der Waals surface area contributed by atoms with E-state index in [9.17, 15) is 4.79 Å². The minimum Gasteiger partial charge on any atom is -0.374 e. The Morgan fingerprint density at radius 1 is 1.44 bits per heavy atom. The summed E-state index contributed by atoms with van der Waals surface area (Å²) in [5, 5.41) is 9.50. The van der Waals surface area contributed by atoms with E-state index in [0.29, 0.717) is 19.1 Å². The molecule has 6 heteroatoms. The summed E-state index contributed by atoms with van der Waals surface area (Å²) in [6.45, 7) is 6.82. The Morgan fingerprint density at radius 3 is 2.94 bits per heavy atom. The zero-order valence-electron chi connectivity index (χ0n) is 11.2. The quantitative estimate of drug-likeness (QED) is 0.567. The smallest absolute Gasteiger partial charge is 0.238 e. The molecule has 0 aromatic carbocycles. The van der Waals surface area contributed by atoms with Gasteiger partial charge in [0.05, 0.1) is 18.8 Å². The Morgan fingerprint density at radius 2 is 2.28 bits per heavy atom. The van der Waals surface area contributed by atoms with Gasteiger partial charge in [-0.25, -0.2) is 0 Å². The Labute approximate surface area is 108 Å². The van der Waals surface area contributed by atoms with Gasteiger partial charge in [0.1, 0.15) is 0 Å². The molecular weight excluding hydrogens is 232 g/mol. The second kappa shape index (κ2) is 6.47. The molecule has 18 heavy (non-hydrogen) atoms. The highest BCUT2D eigenvalue weighted by atomic mass is 16.5. The van der Waals surface area contributed by atoms with Crippen LogP contribution >= 0.6 is 0 Å². The Kier molecular flexibility index (Phi) is 4.94. The molecule has 2 saturated heterocycles. The number of hydrogen-bond acceptors (Lipinski definition) is 5. The number of likely N-dealkylation sites (N-methyl/N-ethyl adjacent to an activating group) is 1. The van der Waals surface area contributed by atoms with Gasteiger partial charge in [-0.2, -0.15) is 0 Å². The first-order valence-electron chi connectivity index (χ1n) is 6.70. The van der Waals surface area contributed by atoms with E-state index < -0.39 is 0 Å². The van der Waals surface area contributed by atoms with Crippen molar-refractivity contribution in [2.45, 2.75) is 25.1 Å². The van der Waals surface area contributed by atoms with Crippen LogP contribution in [0.15, 0.2) is 0 Å². The largest absolute Gasteiger partial charge is 0.374 e. The molecule has 3 N–H and O–H groups in total. The topological polar surface area (TPSA) is 65.6 Å².